The van der Waals surface area contributed by atoms with Gasteiger partial charge in [-0.3, -0.25) is 10.2 Å². The van der Waals surface area contributed by atoms with Crippen molar-refractivity contribution in [3.8, 4) is 0 Å². The molecule has 0 fully saturated rings. The largest absolute Gasteiger partial charge is 0.412 e. The lowest BCUT2D eigenvalue weighted by atomic mass is 10.0. The van der Waals surface area contributed by atoms with E-state index in [0.29, 0.717) is 11.3 Å². The highest BCUT2D eigenvalue weighted by Gasteiger charge is 2.15. The van der Waals surface area contributed by atoms with E-state index >= 15 is 0 Å². The van der Waals surface area contributed by atoms with Gasteiger partial charge in [-0.25, -0.2) is 4.39 Å². The highest BCUT2D eigenvalue weighted by molar-refractivity contribution is 7.80. The molecule has 1 heterocycles. The fraction of sp³-hybridized carbons (Fsp3) is 0. The molecule has 0 atom stereocenters. The molecule has 0 saturated carbocycles. The first kappa shape index (κ1) is 24.0. The number of benzene rings is 2. The van der Waals surface area contributed by atoms with Crippen molar-refractivity contribution in [1.82, 2.24) is 11.1 Å². The molecular formula is C18H21FN4O3S. The average molecular weight is 392 g/mol. The van der Waals surface area contributed by atoms with Gasteiger partial charge in [-0.1, -0.05) is 24.3 Å². The van der Waals surface area contributed by atoms with Crippen LogP contribution in [-0.4, -0.2) is 21.6 Å². The maximum Gasteiger partial charge on any atom is 0.259 e. The standard InChI is InChI=1S/C18H14FN3OS.H3N.2H2O/c19-13-3-1-2-4-14(13)22-15-9-10-21-18(23)16(15)17(20)11-5-7-12(24)8-6-11;;;/h1-10,20,24H,(H2,21,22,23);1H3;2*1H2. The fourth-order valence-corrected chi connectivity index (χ4v) is 2.46. The molecule has 0 unspecified atom stereocenters. The van der Waals surface area contributed by atoms with Crippen LogP contribution in [0, 0.1) is 11.2 Å². The molecule has 10 N–H and O–H groups in total. The van der Waals surface area contributed by atoms with Gasteiger partial charge in [-0.2, -0.15) is 0 Å². The van der Waals surface area contributed by atoms with Crippen LogP contribution in [0.2, 0.25) is 0 Å². The first-order valence-electron chi connectivity index (χ1n) is 7.18. The van der Waals surface area contributed by atoms with Crippen molar-refractivity contribution >= 4 is 29.7 Å². The van der Waals surface area contributed by atoms with E-state index in [-0.39, 0.29) is 34.1 Å². The number of aromatic nitrogens is 1. The molecule has 144 valence electrons. The second-order valence-corrected chi connectivity index (χ2v) is 5.64. The maximum atomic E-state index is 13.9. The van der Waals surface area contributed by atoms with E-state index in [4.69, 9.17) is 5.41 Å². The summed E-state index contributed by atoms with van der Waals surface area (Å²) in [7, 11) is 0. The van der Waals surface area contributed by atoms with Crippen molar-refractivity contribution in [3.05, 3.63) is 88.1 Å². The molecule has 0 spiro atoms. The van der Waals surface area contributed by atoms with Crippen molar-refractivity contribution in [2.24, 2.45) is 0 Å². The van der Waals surface area contributed by atoms with E-state index in [2.05, 4.69) is 22.9 Å². The predicted octanol–water partition coefficient (Wildman–Crippen LogP) is 2.48. The lowest BCUT2D eigenvalue weighted by Crippen LogP contribution is -2.20. The number of thiol groups is 1. The normalized spacial score (nSPS) is 9.26. The number of hydrogen-bond acceptors (Lipinski definition) is 5. The third kappa shape index (κ3) is 5.25. The Morgan fingerprint density at radius 3 is 2.26 bits per heavy atom. The van der Waals surface area contributed by atoms with Gasteiger partial charge < -0.3 is 27.4 Å². The molecule has 0 bridgehead atoms. The minimum Gasteiger partial charge on any atom is -0.412 e. The molecule has 7 nitrogen and oxygen atoms in total. The van der Waals surface area contributed by atoms with Gasteiger partial charge in [0.1, 0.15) is 5.82 Å². The molecule has 27 heavy (non-hydrogen) atoms. The smallest absolute Gasteiger partial charge is 0.259 e. The predicted molar refractivity (Wildman–Crippen MR) is 109 cm³/mol. The summed E-state index contributed by atoms with van der Waals surface area (Å²) < 4.78 is 13.9. The number of hydrogen-bond donors (Lipinski definition) is 5. The molecule has 0 amide bonds. The number of aromatic amines is 1. The molecule has 1 aromatic heterocycles. The Balaban J connectivity index is 0.00000225. The second-order valence-electron chi connectivity index (χ2n) is 5.12. The Morgan fingerprint density at radius 2 is 1.63 bits per heavy atom. The van der Waals surface area contributed by atoms with Crippen LogP contribution in [0.3, 0.4) is 0 Å². The summed E-state index contributed by atoms with van der Waals surface area (Å²) in [6, 6.07) is 14.7. The number of para-hydroxylation sites is 1. The van der Waals surface area contributed by atoms with E-state index in [0.717, 1.165) is 4.90 Å². The van der Waals surface area contributed by atoms with Crippen LogP contribution in [0.5, 0.6) is 0 Å². The average Bonchev–Trinajstić information content (AvgIpc) is 2.57. The third-order valence-corrected chi connectivity index (χ3v) is 3.81. The minimum atomic E-state index is -0.435. The van der Waals surface area contributed by atoms with Crippen LogP contribution < -0.4 is 17.0 Å². The van der Waals surface area contributed by atoms with E-state index in [9.17, 15) is 9.18 Å². The van der Waals surface area contributed by atoms with Gasteiger partial charge in [0.2, 0.25) is 0 Å². The quantitative estimate of drug-likeness (QED) is 0.340. The summed E-state index contributed by atoms with van der Waals surface area (Å²) in [4.78, 5) is 15.6. The first-order chi connectivity index (χ1) is 11.6. The molecular weight excluding hydrogens is 371 g/mol. The highest BCUT2D eigenvalue weighted by atomic mass is 32.1. The summed E-state index contributed by atoms with van der Waals surface area (Å²) in [5, 5.41) is 11.3. The Morgan fingerprint density at radius 1 is 1.00 bits per heavy atom. The van der Waals surface area contributed by atoms with Crippen LogP contribution in [0.15, 0.2) is 70.5 Å². The molecule has 9 heteroatoms. The van der Waals surface area contributed by atoms with Crippen LogP contribution in [0.1, 0.15) is 11.1 Å². The Labute approximate surface area is 160 Å². The van der Waals surface area contributed by atoms with Crippen molar-refractivity contribution in [1.29, 1.82) is 5.41 Å². The topological polar surface area (TPSA) is 167 Å². The lowest BCUT2D eigenvalue weighted by Gasteiger charge is -2.13. The molecule has 0 aliphatic carbocycles. The minimum absolute atomic E-state index is 0. The number of pyridine rings is 1. The van der Waals surface area contributed by atoms with Gasteiger partial charge >= 0.3 is 0 Å². The zero-order valence-electron chi connectivity index (χ0n) is 14.2. The van der Waals surface area contributed by atoms with Crippen LogP contribution in [0.25, 0.3) is 0 Å². The molecule has 0 aliphatic rings. The van der Waals surface area contributed by atoms with Gasteiger partial charge in [0.15, 0.2) is 0 Å². The highest BCUT2D eigenvalue weighted by Crippen LogP contribution is 2.23. The summed E-state index contributed by atoms with van der Waals surface area (Å²) in [5.74, 6) is -0.435. The van der Waals surface area contributed by atoms with Crippen LogP contribution in [-0.2, 0) is 0 Å². The zero-order chi connectivity index (χ0) is 17.1. The Kier molecular flexibility index (Phi) is 9.11. The van der Waals surface area contributed by atoms with Crippen molar-refractivity contribution in [3.63, 3.8) is 0 Å². The van der Waals surface area contributed by atoms with Gasteiger partial charge in [-0.05, 0) is 30.3 Å². The van der Waals surface area contributed by atoms with E-state index in [1.165, 1.54) is 12.3 Å². The number of anilines is 2. The molecule has 0 aliphatic heterocycles. The zero-order valence-corrected chi connectivity index (χ0v) is 15.1. The molecule has 3 rings (SSSR count). The van der Waals surface area contributed by atoms with Crippen molar-refractivity contribution in [2.75, 3.05) is 5.32 Å². The number of H-pyrrole nitrogens is 1. The summed E-state index contributed by atoms with van der Waals surface area (Å²) in [5.41, 5.74) is 0.945. The van der Waals surface area contributed by atoms with Gasteiger partial charge in [-0.15, -0.1) is 12.6 Å². The number of nitrogens with one attached hydrogen (secondary N) is 3. The van der Waals surface area contributed by atoms with Crippen LogP contribution >= 0.6 is 12.6 Å². The molecule has 3 aromatic rings. The van der Waals surface area contributed by atoms with E-state index in [1.54, 1.807) is 48.5 Å². The molecule has 2 aromatic carbocycles. The number of halogens is 1. The van der Waals surface area contributed by atoms with Crippen LogP contribution in [0.4, 0.5) is 15.8 Å². The van der Waals surface area contributed by atoms with Gasteiger partial charge in [0.25, 0.3) is 5.56 Å². The summed E-state index contributed by atoms with van der Waals surface area (Å²) >= 11 is 4.21. The van der Waals surface area contributed by atoms with E-state index < -0.39 is 11.4 Å². The number of rotatable bonds is 4. The lowest BCUT2D eigenvalue weighted by molar-refractivity contribution is 0.632. The molecule has 0 radical (unpaired) electrons. The SMILES string of the molecule is N.N=C(c1ccc(S)cc1)c1c(Nc2ccccc2F)cc[nH]c1=O.O.O. The fourth-order valence-electron chi connectivity index (χ4n) is 2.31. The summed E-state index contributed by atoms with van der Waals surface area (Å²) in [6.07, 6.45) is 1.46. The molecule has 0 saturated heterocycles. The van der Waals surface area contributed by atoms with Gasteiger partial charge in [0, 0.05) is 16.7 Å². The van der Waals surface area contributed by atoms with Crippen molar-refractivity contribution < 1.29 is 15.3 Å². The Hall–Kier alpha value is -2.98. The Bertz CT molecular complexity index is 961. The second kappa shape index (κ2) is 10.2. The van der Waals surface area contributed by atoms with Crippen molar-refractivity contribution in [2.45, 2.75) is 4.90 Å². The summed E-state index contributed by atoms with van der Waals surface area (Å²) in [6.45, 7) is 0. The maximum absolute atomic E-state index is 13.9. The third-order valence-electron chi connectivity index (χ3n) is 3.51. The first-order valence-corrected chi connectivity index (χ1v) is 7.62. The van der Waals surface area contributed by atoms with Gasteiger partial charge in [0.05, 0.1) is 22.6 Å². The van der Waals surface area contributed by atoms with E-state index in [1.807, 2.05) is 0 Å². The monoisotopic (exact) mass is 392 g/mol.